The Balaban J connectivity index is 1.38. The van der Waals surface area contributed by atoms with E-state index in [4.69, 9.17) is 0 Å². The molecule has 4 aromatic rings. The first-order valence-corrected chi connectivity index (χ1v) is 14.1. The highest BCUT2D eigenvalue weighted by Crippen LogP contribution is 2.33. The van der Waals surface area contributed by atoms with E-state index in [0.717, 1.165) is 16.7 Å². The van der Waals surface area contributed by atoms with E-state index >= 15 is 0 Å². The average molecular weight is 586 g/mol. The van der Waals surface area contributed by atoms with Crippen LogP contribution in [-0.4, -0.2) is 72.6 Å². The van der Waals surface area contributed by atoms with E-state index < -0.39 is 23.9 Å². The highest BCUT2D eigenvalue weighted by atomic mass is 16.2. The molecule has 0 bridgehead atoms. The lowest BCUT2D eigenvalue weighted by Crippen LogP contribution is -2.51. The monoisotopic (exact) mass is 585 g/mol. The van der Waals surface area contributed by atoms with Gasteiger partial charge >= 0.3 is 0 Å². The molecule has 0 saturated carbocycles. The van der Waals surface area contributed by atoms with Crippen molar-refractivity contribution in [3.8, 4) is 34.8 Å². The number of hydrogen-bond donors (Lipinski definition) is 1. The first kappa shape index (κ1) is 28.2. The van der Waals surface area contributed by atoms with Crippen molar-refractivity contribution in [2.45, 2.75) is 19.0 Å². The van der Waals surface area contributed by atoms with Crippen LogP contribution in [0, 0.1) is 34.7 Å². The van der Waals surface area contributed by atoms with Gasteiger partial charge in [-0.25, -0.2) is 14.9 Å². The minimum absolute atomic E-state index is 0.233. The molecule has 2 aliphatic rings. The van der Waals surface area contributed by atoms with E-state index in [-0.39, 0.29) is 24.1 Å². The molecule has 0 spiro atoms. The van der Waals surface area contributed by atoms with Crippen LogP contribution in [0.15, 0.2) is 79.5 Å². The Morgan fingerprint density at radius 2 is 1.73 bits per heavy atom. The number of anilines is 2. The summed E-state index contributed by atoms with van der Waals surface area (Å²) in [6.07, 6.45) is 10.4. The normalized spacial score (nSPS) is 19.2. The summed E-state index contributed by atoms with van der Waals surface area (Å²) in [7, 11) is 0. The van der Waals surface area contributed by atoms with Gasteiger partial charge in [0.25, 0.3) is 0 Å². The van der Waals surface area contributed by atoms with E-state index in [1.165, 1.54) is 21.0 Å². The fourth-order valence-electron chi connectivity index (χ4n) is 5.58. The van der Waals surface area contributed by atoms with Crippen LogP contribution in [0.3, 0.4) is 0 Å². The number of nitrogens with zero attached hydrogens (tertiary/aromatic N) is 10. The standard InChI is InChI=1S/C31H27N11O2/c32-18-40-12-8-23(17-40)30(43)38-29-25(9-13-41(29)19-33)31(44)42(27-15-26(35-20-36-27)22-6-10-34-11-7-22)28-14-24(16-37-39-28)21-4-2-1-3-5-21/h1-7,10-11,14-16,20,23,25,29H,8-9,12-13,17H2,(H,38,43)/t23?,25-,29-/m0/s1. The zero-order chi connectivity index (χ0) is 30.5. The molecule has 2 fully saturated rings. The van der Waals surface area contributed by atoms with Crippen LogP contribution < -0.4 is 10.2 Å². The van der Waals surface area contributed by atoms with Gasteiger partial charge in [-0.2, -0.15) is 15.6 Å². The number of rotatable bonds is 7. The van der Waals surface area contributed by atoms with Gasteiger partial charge in [0.2, 0.25) is 11.8 Å². The molecule has 0 aliphatic carbocycles. The number of benzene rings is 1. The molecule has 2 aliphatic heterocycles. The molecule has 3 atom stereocenters. The molecule has 44 heavy (non-hydrogen) atoms. The summed E-state index contributed by atoms with van der Waals surface area (Å²) < 4.78 is 0. The molecule has 6 rings (SSSR count). The molecule has 1 unspecified atom stereocenters. The van der Waals surface area contributed by atoms with Gasteiger partial charge in [-0.15, -0.1) is 5.10 Å². The molecule has 1 aromatic carbocycles. The molecule has 3 aromatic heterocycles. The molecule has 1 N–H and O–H groups in total. The molecule has 5 heterocycles. The second-order valence-electron chi connectivity index (χ2n) is 10.5. The van der Waals surface area contributed by atoms with Gasteiger partial charge in [-0.05, 0) is 36.6 Å². The number of nitriles is 2. The quantitative estimate of drug-likeness (QED) is 0.317. The molecule has 13 nitrogen and oxygen atoms in total. The SMILES string of the molecule is N#CN1CCC(C(=O)N[C@@H]2[C@@H](C(=O)N(c3cc(-c4ccncc4)ncn3)c3cc(-c4ccccc4)cnn3)CCN2C#N)C1. The summed E-state index contributed by atoms with van der Waals surface area (Å²) in [6.45, 7) is 1.07. The lowest BCUT2D eigenvalue weighted by Gasteiger charge is -2.29. The van der Waals surface area contributed by atoms with Crippen LogP contribution in [-0.2, 0) is 9.59 Å². The number of aromatic nitrogens is 5. The first-order chi connectivity index (χ1) is 21.6. The fraction of sp³-hybridized carbons (Fsp3) is 0.258. The van der Waals surface area contributed by atoms with E-state index in [0.29, 0.717) is 31.6 Å². The highest BCUT2D eigenvalue weighted by Gasteiger charge is 2.44. The van der Waals surface area contributed by atoms with Crippen molar-refractivity contribution < 1.29 is 9.59 Å². The summed E-state index contributed by atoms with van der Waals surface area (Å²) in [4.78, 5) is 45.0. The van der Waals surface area contributed by atoms with E-state index in [9.17, 15) is 20.1 Å². The topological polar surface area (TPSA) is 168 Å². The Bertz CT molecular complexity index is 1660. The summed E-state index contributed by atoms with van der Waals surface area (Å²) in [6, 6.07) is 16.6. The van der Waals surface area contributed by atoms with Crippen molar-refractivity contribution in [1.29, 1.82) is 10.5 Å². The zero-order valence-electron chi connectivity index (χ0n) is 23.6. The highest BCUT2D eigenvalue weighted by molar-refractivity contribution is 6.01. The third-order valence-corrected chi connectivity index (χ3v) is 7.89. The lowest BCUT2D eigenvalue weighted by molar-refractivity contribution is -0.128. The second-order valence-corrected chi connectivity index (χ2v) is 10.5. The largest absolute Gasteiger partial charge is 0.334 e. The van der Waals surface area contributed by atoms with Gasteiger partial charge in [0.05, 0.1) is 23.7 Å². The maximum absolute atomic E-state index is 14.6. The number of carbonyl (C=O) groups excluding carboxylic acids is 2. The number of carbonyl (C=O) groups is 2. The molecule has 2 amide bonds. The minimum atomic E-state index is -0.884. The predicted octanol–water partition coefficient (Wildman–Crippen LogP) is 2.71. The van der Waals surface area contributed by atoms with Crippen molar-refractivity contribution >= 4 is 23.5 Å². The minimum Gasteiger partial charge on any atom is -0.334 e. The van der Waals surface area contributed by atoms with Gasteiger partial charge in [-0.3, -0.25) is 19.5 Å². The predicted molar refractivity (Wildman–Crippen MR) is 158 cm³/mol. The average Bonchev–Trinajstić information content (AvgIpc) is 3.73. The van der Waals surface area contributed by atoms with Crippen LogP contribution in [0.2, 0.25) is 0 Å². The maximum Gasteiger partial charge on any atom is 0.241 e. The number of pyridine rings is 1. The Labute approximate surface area is 253 Å². The van der Waals surface area contributed by atoms with Gasteiger partial charge in [0.1, 0.15) is 18.3 Å². The van der Waals surface area contributed by atoms with Crippen LogP contribution >= 0.6 is 0 Å². The van der Waals surface area contributed by atoms with Gasteiger partial charge in [-0.1, -0.05) is 30.3 Å². The summed E-state index contributed by atoms with van der Waals surface area (Å²) in [5.74, 6) is -1.42. The number of amides is 2. The van der Waals surface area contributed by atoms with Crippen LogP contribution in [0.1, 0.15) is 12.8 Å². The van der Waals surface area contributed by atoms with Crippen LogP contribution in [0.5, 0.6) is 0 Å². The van der Waals surface area contributed by atoms with Crippen molar-refractivity contribution in [3.05, 3.63) is 79.5 Å². The smallest absolute Gasteiger partial charge is 0.241 e. The third-order valence-electron chi connectivity index (χ3n) is 7.89. The maximum atomic E-state index is 14.6. The first-order valence-electron chi connectivity index (χ1n) is 14.1. The number of likely N-dealkylation sites (tertiary alicyclic amines) is 2. The Morgan fingerprint density at radius 3 is 2.48 bits per heavy atom. The Hall–Kier alpha value is -5.95. The third kappa shape index (κ3) is 5.71. The van der Waals surface area contributed by atoms with Crippen molar-refractivity contribution in [2.75, 3.05) is 24.5 Å². The Kier molecular flexibility index (Phi) is 8.01. The van der Waals surface area contributed by atoms with Crippen molar-refractivity contribution in [1.82, 2.24) is 40.3 Å². The molecule has 13 heteroatoms. The van der Waals surface area contributed by atoms with Gasteiger partial charge < -0.3 is 10.2 Å². The lowest BCUT2D eigenvalue weighted by atomic mass is 10.0. The molecule has 2 saturated heterocycles. The number of nitrogens with one attached hydrogen (secondary N) is 1. The van der Waals surface area contributed by atoms with E-state index in [1.54, 1.807) is 42.9 Å². The second kappa shape index (κ2) is 12.5. The van der Waals surface area contributed by atoms with Crippen molar-refractivity contribution in [2.24, 2.45) is 11.8 Å². The van der Waals surface area contributed by atoms with E-state index in [2.05, 4.69) is 42.9 Å². The van der Waals surface area contributed by atoms with Crippen LogP contribution in [0.4, 0.5) is 11.6 Å². The molecular weight excluding hydrogens is 558 g/mol. The summed E-state index contributed by atoms with van der Waals surface area (Å²) in [5.41, 5.74) is 2.99. The number of hydrogen-bond acceptors (Lipinski definition) is 11. The van der Waals surface area contributed by atoms with Crippen molar-refractivity contribution in [3.63, 3.8) is 0 Å². The summed E-state index contributed by atoms with van der Waals surface area (Å²) in [5, 5.41) is 30.6. The molecule has 0 radical (unpaired) electrons. The fourth-order valence-corrected chi connectivity index (χ4v) is 5.58. The van der Waals surface area contributed by atoms with E-state index in [1.807, 2.05) is 30.3 Å². The van der Waals surface area contributed by atoms with Gasteiger partial charge in [0, 0.05) is 49.2 Å². The van der Waals surface area contributed by atoms with Gasteiger partial charge in [0.15, 0.2) is 18.2 Å². The van der Waals surface area contributed by atoms with Crippen LogP contribution in [0.25, 0.3) is 22.4 Å². The zero-order valence-corrected chi connectivity index (χ0v) is 23.6. The Morgan fingerprint density at radius 1 is 0.909 bits per heavy atom. The molecular formula is C31H27N11O2. The molecule has 218 valence electrons. The summed E-state index contributed by atoms with van der Waals surface area (Å²) >= 11 is 0.